The molecule has 0 bridgehead atoms. The van der Waals surface area contributed by atoms with Gasteiger partial charge in [-0.25, -0.2) is 9.78 Å². The molecule has 0 spiro atoms. The third-order valence-corrected chi connectivity index (χ3v) is 3.80. The molecule has 1 atom stereocenters. The summed E-state index contributed by atoms with van der Waals surface area (Å²) >= 11 is 0. The summed E-state index contributed by atoms with van der Waals surface area (Å²) in [6.45, 7) is 5.59. The van der Waals surface area contributed by atoms with E-state index < -0.39 is 11.9 Å². The number of aliphatic carboxylic acids is 1. The number of hydrogen-bond donors (Lipinski definition) is 1. The quantitative estimate of drug-likeness (QED) is 0.878. The van der Waals surface area contributed by atoms with Gasteiger partial charge in [0.2, 0.25) is 11.8 Å². The van der Waals surface area contributed by atoms with Crippen molar-refractivity contribution in [1.29, 1.82) is 0 Å². The van der Waals surface area contributed by atoms with Crippen LogP contribution in [0.1, 0.15) is 22.7 Å². The molecule has 6 nitrogen and oxygen atoms in total. The van der Waals surface area contributed by atoms with E-state index >= 15 is 0 Å². The lowest BCUT2D eigenvalue weighted by Crippen LogP contribution is -2.19. The van der Waals surface area contributed by atoms with Crippen LogP contribution in [0.2, 0.25) is 0 Å². The summed E-state index contributed by atoms with van der Waals surface area (Å²) in [5.41, 5.74) is 2.23. The molecule has 0 fully saturated rings. The zero-order valence-electron chi connectivity index (χ0n) is 13.2. The molecule has 118 valence electrons. The highest BCUT2D eigenvalue weighted by molar-refractivity contribution is 5.89. The molecule has 2 aromatic rings. The molecular formula is C17H17N3O3. The van der Waals surface area contributed by atoms with E-state index in [0.29, 0.717) is 22.9 Å². The van der Waals surface area contributed by atoms with Crippen molar-refractivity contribution in [1.82, 2.24) is 9.97 Å². The fourth-order valence-electron chi connectivity index (χ4n) is 2.60. The van der Waals surface area contributed by atoms with Crippen LogP contribution in [0.5, 0.6) is 11.8 Å². The largest absolute Gasteiger partial charge is 0.478 e. The van der Waals surface area contributed by atoms with E-state index in [1.54, 1.807) is 0 Å². The molecule has 6 heteroatoms. The van der Waals surface area contributed by atoms with Gasteiger partial charge in [0.25, 0.3) is 0 Å². The van der Waals surface area contributed by atoms with Crippen LogP contribution in [0.3, 0.4) is 0 Å². The molecular weight excluding hydrogens is 294 g/mol. The zero-order chi connectivity index (χ0) is 16.7. The number of carboxylic acid groups (broad SMARTS) is 1. The van der Waals surface area contributed by atoms with Gasteiger partial charge in [-0.2, -0.15) is 4.98 Å². The second-order valence-corrected chi connectivity index (χ2v) is 5.67. The third-order valence-electron chi connectivity index (χ3n) is 3.80. The molecule has 1 N–H and O–H groups in total. The predicted molar refractivity (Wildman–Crippen MR) is 86.2 cm³/mol. The van der Waals surface area contributed by atoms with E-state index in [1.807, 2.05) is 50.2 Å². The Kier molecular flexibility index (Phi) is 3.52. The molecule has 0 saturated heterocycles. The van der Waals surface area contributed by atoms with Crippen LogP contribution in [0.4, 0.5) is 5.82 Å². The Hall–Kier alpha value is -2.89. The Bertz CT molecular complexity index is 815. The van der Waals surface area contributed by atoms with E-state index in [-0.39, 0.29) is 5.57 Å². The number of nitrogens with zero attached hydrogens (tertiary/aromatic N) is 3. The van der Waals surface area contributed by atoms with Gasteiger partial charge < -0.3 is 14.7 Å². The van der Waals surface area contributed by atoms with Crippen LogP contribution in [-0.4, -0.2) is 35.1 Å². The number of fused-ring (bicyclic) bond motifs is 2. The lowest BCUT2D eigenvalue weighted by atomic mass is 9.85. The fraction of sp³-hybridized carbons (Fsp3) is 0.235. The number of ether oxygens (including phenoxy) is 1. The average Bonchev–Trinajstić information content (AvgIpc) is 2.50. The number of rotatable bonds is 3. The van der Waals surface area contributed by atoms with Crippen molar-refractivity contribution in [3.63, 3.8) is 0 Å². The fourth-order valence-corrected chi connectivity index (χ4v) is 2.60. The van der Waals surface area contributed by atoms with Gasteiger partial charge in [0.1, 0.15) is 5.82 Å². The average molecular weight is 311 g/mol. The van der Waals surface area contributed by atoms with E-state index in [2.05, 4.69) is 16.5 Å². The lowest BCUT2D eigenvalue weighted by molar-refractivity contribution is -0.132. The number of aryl methyl sites for hydroxylation is 1. The SMILES string of the molecule is C=C(C(=O)O)C1c2ccc(C)nc2Oc2nc(N(C)C)ccc21. The van der Waals surface area contributed by atoms with Gasteiger partial charge >= 0.3 is 5.97 Å². The highest BCUT2D eigenvalue weighted by atomic mass is 16.5. The summed E-state index contributed by atoms with van der Waals surface area (Å²) in [5, 5.41) is 9.39. The van der Waals surface area contributed by atoms with E-state index in [9.17, 15) is 9.90 Å². The smallest absolute Gasteiger partial charge is 0.331 e. The number of carbonyl (C=O) groups is 1. The van der Waals surface area contributed by atoms with Crippen molar-refractivity contribution < 1.29 is 14.6 Å². The highest BCUT2D eigenvalue weighted by Crippen LogP contribution is 2.45. The van der Waals surface area contributed by atoms with E-state index in [4.69, 9.17) is 4.74 Å². The van der Waals surface area contributed by atoms with Crippen molar-refractivity contribution in [2.24, 2.45) is 0 Å². The summed E-state index contributed by atoms with van der Waals surface area (Å²) < 4.78 is 5.83. The summed E-state index contributed by atoms with van der Waals surface area (Å²) in [7, 11) is 3.75. The maximum atomic E-state index is 11.5. The van der Waals surface area contributed by atoms with Crippen LogP contribution in [-0.2, 0) is 4.79 Å². The third kappa shape index (κ3) is 2.52. The van der Waals surface area contributed by atoms with Gasteiger partial charge in [0, 0.05) is 36.5 Å². The van der Waals surface area contributed by atoms with Crippen LogP contribution in [0.15, 0.2) is 36.4 Å². The minimum atomic E-state index is -1.05. The monoisotopic (exact) mass is 311 g/mol. The molecule has 1 aliphatic rings. The molecule has 0 aromatic carbocycles. The van der Waals surface area contributed by atoms with Crippen LogP contribution in [0, 0.1) is 6.92 Å². The molecule has 0 radical (unpaired) electrons. The first kappa shape index (κ1) is 15.0. The molecule has 2 aromatic heterocycles. The van der Waals surface area contributed by atoms with Crippen LogP contribution < -0.4 is 9.64 Å². The van der Waals surface area contributed by atoms with Gasteiger partial charge in [-0.15, -0.1) is 0 Å². The van der Waals surface area contributed by atoms with Crippen molar-refractivity contribution >= 4 is 11.8 Å². The lowest BCUT2D eigenvalue weighted by Gasteiger charge is -2.27. The van der Waals surface area contributed by atoms with Crippen molar-refractivity contribution in [3.05, 3.63) is 53.2 Å². The minimum absolute atomic E-state index is 0.0702. The topological polar surface area (TPSA) is 75.5 Å². The number of carboxylic acids is 1. The number of pyridine rings is 2. The normalized spacial score (nSPS) is 15.2. The first-order valence-corrected chi connectivity index (χ1v) is 7.14. The van der Waals surface area contributed by atoms with Crippen LogP contribution in [0.25, 0.3) is 0 Å². The number of hydrogen-bond acceptors (Lipinski definition) is 5. The van der Waals surface area contributed by atoms with E-state index in [1.165, 1.54) is 0 Å². The molecule has 3 heterocycles. The Morgan fingerprint density at radius 1 is 1.17 bits per heavy atom. The summed E-state index contributed by atoms with van der Waals surface area (Å²) in [5.74, 6) is -0.101. The molecule has 0 amide bonds. The molecule has 0 aliphatic carbocycles. The molecule has 23 heavy (non-hydrogen) atoms. The Balaban J connectivity index is 2.20. The van der Waals surface area contributed by atoms with Crippen molar-refractivity contribution in [3.8, 4) is 11.8 Å². The van der Waals surface area contributed by atoms with E-state index in [0.717, 1.165) is 11.5 Å². The number of aromatic nitrogens is 2. The van der Waals surface area contributed by atoms with Gasteiger partial charge in [-0.3, -0.25) is 0 Å². The zero-order valence-corrected chi connectivity index (χ0v) is 13.2. The van der Waals surface area contributed by atoms with Crippen molar-refractivity contribution in [2.75, 3.05) is 19.0 Å². The van der Waals surface area contributed by atoms with Gasteiger partial charge in [0.15, 0.2) is 0 Å². The second kappa shape index (κ2) is 5.39. The standard InChI is InChI=1S/C17H17N3O3/c1-9-5-6-11-14(10(2)17(21)22)12-7-8-13(20(3)4)19-16(12)23-15(11)18-9/h5-8,14H,2H2,1,3-4H3,(H,21,22). The Morgan fingerprint density at radius 3 is 2.39 bits per heavy atom. The molecule has 1 aliphatic heterocycles. The molecule has 3 rings (SSSR count). The second-order valence-electron chi connectivity index (χ2n) is 5.67. The van der Waals surface area contributed by atoms with Gasteiger partial charge in [0.05, 0.1) is 5.92 Å². The minimum Gasteiger partial charge on any atom is -0.478 e. The first-order valence-electron chi connectivity index (χ1n) is 7.14. The Morgan fingerprint density at radius 2 is 1.78 bits per heavy atom. The van der Waals surface area contributed by atoms with Crippen LogP contribution >= 0.6 is 0 Å². The van der Waals surface area contributed by atoms with Gasteiger partial charge in [-0.05, 0) is 25.1 Å². The number of anilines is 1. The van der Waals surface area contributed by atoms with Crippen molar-refractivity contribution in [2.45, 2.75) is 12.8 Å². The summed E-state index contributed by atoms with van der Waals surface area (Å²) in [6.07, 6.45) is 0. The summed E-state index contributed by atoms with van der Waals surface area (Å²) in [6, 6.07) is 7.33. The maximum absolute atomic E-state index is 11.5. The Labute approximate surface area is 134 Å². The highest BCUT2D eigenvalue weighted by Gasteiger charge is 2.34. The van der Waals surface area contributed by atoms with Gasteiger partial charge in [-0.1, -0.05) is 12.6 Å². The summed E-state index contributed by atoms with van der Waals surface area (Å²) in [4.78, 5) is 22.2. The molecule has 1 unspecified atom stereocenters. The first-order chi connectivity index (χ1) is 10.9. The predicted octanol–water partition coefficient (Wildman–Crippen LogP) is 2.73. The molecule has 0 saturated carbocycles. The maximum Gasteiger partial charge on any atom is 0.331 e.